The zero-order chi connectivity index (χ0) is 20.2. The van der Waals surface area contributed by atoms with E-state index >= 15 is 0 Å². The van der Waals surface area contributed by atoms with Crippen molar-refractivity contribution in [1.82, 2.24) is 0 Å². The molecule has 1 N–H and O–H groups in total. The maximum Gasteiger partial charge on any atom is 0.206 e. The highest BCUT2D eigenvalue weighted by Gasteiger charge is 2.20. The van der Waals surface area contributed by atoms with Gasteiger partial charge < -0.3 is 19.0 Å². The number of phenolic OH excluding ortho intramolecular Hbond substituents is 1. The molecule has 0 fully saturated rings. The van der Waals surface area contributed by atoms with Gasteiger partial charge in [-0.1, -0.05) is 60.7 Å². The van der Waals surface area contributed by atoms with Gasteiger partial charge in [-0.2, -0.15) is 0 Å². The summed E-state index contributed by atoms with van der Waals surface area (Å²) >= 11 is 4.13. The largest absolute Gasteiger partial charge is 0.507 e. The summed E-state index contributed by atoms with van der Waals surface area (Å²) in [5, 5.41) is 10.5. The monoisotopic (exact) mass is 406 g/mol. The van der Waals surface area contributed by atoms with E-state index < -0.39 is 0 Å². The molecular weight excluding hydrogens is 388 g/mol. The number of ether oxygens (including phenoxy) is 2. The number of hydrogen-bond donors (Lipinski definition) is 2. The summed E-state index contributed by atoms with van der Waals surface area (Å²) in [5.41, 5.74) is 1.43. The predicted molar refractivity (Wildman–Crippen MR) is 115 cm³/mol. The first-order valence-electron chi connectivity index (χ1n) is 8.97. The van der Waals surface area contributed by atoms with Crippen LogP contribution in [0.3, 0.4) is 0 Å². The van der Waals surface area contributed by atoms with Gasteiger partial charge in [0.15, 0.2) is 16.8 Å². The smallest absolute Gasteiger partial charge is 0.206 e. The van der Waals surface area contributed by atoms with Crippen molar-refractivity contribution >= 4 is 23.6 Å². The highest BCUT2D eigenvalue weighted by Crippen LogP contribution is 2.41. The van der Waals surface area contributed by atoms with Crippen LogP contribution in [0, 0.1) is 0 Å². The first kappa shape index (κ1) is 19.0. The fraction of sp³-hybridized carbons (Fsp3) is 0.0870. The molecule has 0 spiro atoms. The van der Waals surface area contributed by atoms with Crippen LogP contribution in [0.15, 0.2) is 82.0 Å². The van der Waals surface area contributed by atoms with E-state index in [9.17, 15) is 9.90 Å². The summed E-state index contributed by atoms with van der Waals surface area (Å²) in [6.45, 7) is 0.261. The van der Waals surface area contributed by atoms with Crippen molar-refractivity contribution in [2.24, 2.45) is 0 Å². The van der Waals surface area contributed by atoms with Crippen molar-refractivity contribution in [1.29, 1.82) is 0 Å². The Kier molecular flexibility index (Phi) is 5.44. The fourth-order valence-corrected chi connectivity index (χ4v) is 3.19. The molecule has 0 aliphatic carbocycles. The van der Waals surface area contributed by atoms with Crippen LogP contribution >= 0.6 is 12.6 Å². The average molecular weight is 406 g/mol. The number of aromatic hydroxyl groups is 1. The number of benzene rings is 3. The number of rotatable bonds is 6. The van der Waals surface area contributed by atoms with Gasteiger partial charge in [-0.05, 0) is 5.56 Å². The summed E-state index contributed by atoms with van der Waals surface area (Å²) < 4.78 is 17.5. The molecule has 0 radical (unpaired) electrons. The maximum atomic E-state index is 12.7. The van der Waals surface area contributed by atoms with E-state index in [4.69, 9.17) is 13.9 Å². The lowest BCUT2D eigenvalue weighted by atomic mass is 10.1. The second-order valence-electron chi connectivity index (χ2n) is 6.32. The highest BCUT2D eigenvalue weighted by molar-refractivity contribution is 7.80. The summed E-state index contributed by atoms with van der Waals surface area (Å²) in [6.07, 6.45) is 0. The standard InChI is InChI=1S/C23H18O5S/c24-17-11-19(16-9-5-2-6-10-16)28-23-21(17)18(25)12-20(22(23)27-14-29)26-13-15-7-3-1-4-8-15/h1-12,25,29H,13-14H2. The van der Waals surface area contributed by atoms with Crippen molar-refractivity contribution < 1.29 is 19.0 Å². The SMILES string of the molecule is O=c1cc(-c2ccccc2)oc2c(OCS)c(OCc3ccccc3)cc(O)c12. The summed E-state index contributed by atoms with van der Waals surface area (Å²) in [5.74, 6) is 0.662. The molecule has 0 amide bonds. The van der Waals surface area contributed by atoms with Crippen molar-refractivity contribution in [3.8, 4) is 28.6 Å². The van der Waals surface area contributed by atoms with Gasteiger partial charge in [0, 0.05) is 17.7 Å². The van der Waals surface area contributed by atoms with Gasteiger partial charge in [0.05, 0.1) is 0 Å². The van der Waals surface area contributed by atoms with E-state index in [0.717, 1.165) is 11.1 Å². The van der Waals surface area contributed by atoms with Gasteiger partial charge >= 0.3 is 0 Å². The van der Waals surface area contributed by atoms with Gasteiger partial charge in [0.1, 0.15) is 29.4 Å². The Balaban J connectivity index is 1.86. The number of hydrogen-bond acceptors (Lipinski definition) is 6. The molecule has 0 aliphatic rings. The Bertz CT molecular complexity index is 1190. The first-order valence-corrected chi connectivity index (χ1v) is 9.60. The van der Waals surface area contributed by atoms with E-state index in [0.29, 0.717) is 5.76 Å². The normalized spacial score (nSPS) is 10.8. The average Bonchev–Trinajstić information content (AvgIpc) is 2.75. The minimum atomic E-state index is -0.374. The van der Waals surface area contributed by atoms with Gasteiger partial charge in [0.25, 0.3) is 0 Å². The third kappa shape index (κ3) is 3.93. The van der Waals surface area contributed by atoms with Crippen LogP contribution < -0.4 is 14.9 Å². The maximum absolute atomic E-state index is 12.7. The van der Waals surface area contributed by atoms with E-state index in [1.54, 1.807) is 0 Å². The number of phenols is 1. The summed E-state index contributed by atoms with van der Waals surface area (Å²) in [6, 6.07) is 21.5. The zero-order valence-corrected chi connectivity index (χ0v) is 16.3. The molecule has 3 aromatic carbocycles. The van der Waals surface area contributed by atoms with Gasteiger partial charge in [-0.25, -0.2) is 0 Å². The molecule has 29 heavy (non-hydrogen) atoms. The van der Waals surface area contributed by atoms with Crippen molar-refractivity contribution in [2.45, 2.75) is 6.61 Å². The van der Waals surface area contributed by atoms with Crippen LogP contribution in [0.5, 0.6) is 17.2 Å². The molecule has 0 bridgehead atoms. The molecule has 0 saturated carbocycles. The molecule has 4 aromatic rings. The predicted octanol–water partition coefficient (Wildman–Crippen LogP) is 5.01. The molecule has 0 aliphatic heterocycles. The lowest BCUT2D eigenvalue weighted by Crippen LogP contribution is -2.05. The van der Waals surface area contributed by atoms with Crippen molar-refractivity contribution in [3.63, 3.8) is 0 Å². The Labute approximate surface area is 172 Å². The molecule has 4 rings (SSSR count). The minimum absolute atomic E-state index is 0.0357. The van der Waals surface area contributed by atoms with Crippen LogP contribution in [0.4, 0.5) is 0 Å². The molecule has 6 heteroatoms. The van der Waals surface area contributed by atoms with E-state index in [-0.39, 0.29) is 46.2 Å². The summed E-state index contributed by atoms with van der Waals surface area (Å²) in [7, 11) is 0. The topological polar surface area (TPSA) is 68.9 Å². The van der Waals surface area contributed by atoms with Crippen LogP contribution in [0.25, 0.3) is 22.3 Å². The van der Waals surface area contributed by atoms with Crippen LogP contribution in [-0.4, -0.2) is 11.0 Å². The van der Waals surface area contributed by atoms with Crippen LogP contribution in [0.2, 0.25) is 0 Å². The van der Waals surface area contributed by atoms with Crippen LogP contribution in [-0.2, 0) is 6.61 Å². The molecular formula is C23H18O5S. The van der Waals surface area contributed by atoms with E-state index in [1.165, 1.54) is 12.1 Å². The molecule has 5 nitrogen and oxygen atoms in total. The van der Waals surface area contributed by atoms with E-state index in [1.807, 2.05) is 60.7 Å². The van der Waals surface area contributed by atoms with E-state index in [2.05, 4.69) is 12.6 Å². The Hall–Kier alpha value is -3.38. The zero-order valence-electron chi connectivity index (χ0n) is 15.4. The molecule has 0 atom stereocenters. The molecule has 1 aromatic heterocycles. The Morgan fingerprint density at radius 1 is 0.931 bits per heavy atom. The van der Waals surface area contributed by atoms with Crippen molar-refractivity contribution in [2.75, 3.05) is 5.94 Å². The lowest BCUT2D eigenvalue weighted by molar-refractivity contribution is 0.279. The number of fused-ring (bicyclic) bond motifs is 1. The lowest BCUT2D eigenvalue weighted by Gasteiger charge is -2.15. The number of thiol groups is 1. The van der Waals surface area contributed by atoms with Crippen molar-refractivity contribution in [3.05, 3.63) is 88.6 Å². The highest BCUT2D eigenvalue weighted by atomic mass is 32.1. The third-order valence-electron chi connectivity index (χ3n) is 4.41. The molecule has 146 valence electrons. The molecule has 1 heterocycles. The van der Waals surface area contributed by atoms with Gasteiger partial charge in [-0.15, -0.1) is 12.6 Å². The van der Waals surface area contributed by atoms with Gasteiger partial charge in [-0.3, -0.25) is 4.79 Å². The second kappa shape index (κ2) is 8.32. The quantitative estimate of drug-likeness (QED) is 0.348. The fourth-order valence-electron chi connectivity index (χ4n) is 3.06. The first-order chi connectivity index (χ1) is 14.2. The third-order valence-corrected chi connectivity index (χ3v) is 4.54. The second-order valence-corrected chi connectivity index (χ2v) is 6.57. The Morgan fingerprint density at radius 3 is 2.31 bits per heavy atom. The van der Waals surface area contributed by atoms with Gasteiger partial charge in [0.2, 0.25) is 5.75 Å². The minimum Gasteiger partial charge on any atom is -0.507 e. The Morgan fingerprint density at radius 2 is 1.62 bits per heavy atom. The van der Waals surface area contributed by atoms with Crippen LogP contribution in [0.1, 0.15) is 5.56 Å². The molecule has 0 unspecified atom stereocenters. The summed E-state index contributed by atoms with van der Waals surface area (Å²) in [4.78, 5) is 12.7. The molecule has 0 saturated heterocycles.